The minimum atomic E-state index is -0.382. The average molecular weight is 498 g/mol. The second-order valence-corrected chi connectivity index (χ2v) is 7.61. The van der Waals surface area contributed by atoms with E-state index in [0.29, 0.717) is 39.3 Å². The summed E-state index contributed by atoms with van der Waals surface area (Å²) in [6.45, 7) is 2.41. The highest BCUT2D eigenvalue weighted by Gasteiger charge is 2.14. The third-order valence-electron chi connectivity index (χ3n) is 4.17. The molecular formula is C23H20BrN3O3S. The van der Waals surface area contributed by atoms with Crippen LogP contribution in [0.25, 0.3) is 0 Å². The van der Waals surface area contributed by atoms with Crippen molar-refractivity contribution in [3.8, 4) is 5.75 Å². The van der Waals surface area contributed by atoms with Crippen LogP contribution < -0.4 is 20.7 Å². The van der Waals surface area contributed by atoms with E-state index in [1.54, 1.807) is 54.6 Å². The number of amides is 2. The Morgan fingerprint density at radius 1 is 0.935 bits per heavy atom. The predicted molar refractivity (Wildman–Crippen MR) is 130 cm³/mol. The number of para-hydroxylation sites is 2. The van der Waals surface area contributed by atoms with Crippen LogP contribution in [0.3, 0.4) is 0 Å². The van der Waals surface area contributed by atoms with E-state index in [9.17, 15) is 9.59 Å². The first-order valence-electron chi connectivity index (χ1n) is 9.48. The van der Waals surface area contributed by atoms with Crippen molar-refractivity contribution in [2.75, 3.05) is 17.2 Å². The monoisotopic (exact) mass is 497 g/mol. The van der Waals surface area contributed by atoms with Gasteiger partial charge in [0.25, 0.3) is 11.8 Å². The molecule has 3 aromatic rings. The number of halogens is 1. The van der Waals surface area contributed by atoms with Gasteiger partial charge in [0.15, 0.2) is 5.11 Å². The van der Waals surface area contributed by atoms with Crippen LogP contribution in [-0.4, -0.2) is 23.5 Å². The van der Waals surface area contributed by atoms with E-state index in [4.69, 9.17) is 17.0 Å². The molecule has 3 N–H and O–H groups in total. The normalized spacial score (nSPS) is 10.1. The Kier molecular flexibility index (Phi) is 7.75. The van der Waals surface area contributed by atoms with Crippen molar-refractivity contribution < 1.29 is 14.3 Å². The summed E-state index contributed by atoms with van der Waals surface area (Å²) in [7, 11) is 0. The lowest BCUT2D eigenvalue weighted by atomic mass is 10.1. The number of hydrogen-bond acceptors (Lipinski definition) is 4. The van der Waals surface area contributed by atoms with E-state index < -0.39 is 0 Å². The van der Waals surface area contributed by atoms with Crippen molar-refractivity contribution in [1.29, 1.82) is 0 Å². The Labute approximate surface area is 194 Å². The highest BCUT2D eigenvalue weighted by Crippen LogP contribution is 2.26. The Balaban J connectivity index is 1.67. The van der Waals surface area contributed by atoms with Gasteiger partial charge in [0.05, 0.1) is 22.3 Å². The quantitative estimate of drug-likeness (QED) is 0.406. The summed E-state index contributed by atoms with van der Waals surface area (Å²) in [6.07, 6.45) is 0. The van der Waals surface area contributed by atoms with Gasteiger partial charge < -0.3 is 15.4 Å². The molecule has 3 aromatic carbocycles. The van der Waals surface area contributed by atoms with Gasteiger partial charge in [-0.1, -0.05) is 30.3 Å². The van der Waals surface area contributed by atoms with Gasteiger partial charge in [-0.05, 0) is 77.5 Å². The molecule has 0 saturated heterocycles. The number of benzene rings is 3. The Hall–Kier alpha value is -3.23. The zero-order valence-electron chi connectivity index (χ0n) is 16.6. The fraction of sp³-hybridized carbons (Fsp3) is 0.0870. The standard InChI is InChI=1S/C23H20BrN3O3S/c1-2-30-20-13-12-15(14-18(20)24)21(28)27-23(31)26-19-11-7-6-10-17(19)22(29)25-16-8-4-3-5-9-16/h3-14H,2H2,1H3,(H,25,29)(H2,26,27,28,31). The first-order chi connectivity index (χ1) is 15.0. The fourth-order valence-corrected chi connectivity index (χ4v) is 3.45. The summed E-state index contributed by atoms with van der Waals surface area (Å²) in [6, 6.07) is 21.1. The Morgan fingerprint density at radius 2 is 1.65 bits per heavy atom. The van der Waals surface area contributed by atoms with Gasteiger partial charge in [0.2, 0.25) is 0 Å². The largest absolute Gasteiger partial charge is 0.493 e. The van der Waals surface area contributed by atoms with Crippen LogP contribution in [-0.2, 0) is 0 Å². The molecular weight excluding hydrogens is 478 g/mol. The maximum Gasteiger partial charge on any atom is 0.257 e. The predicted octanol–water partition coefficient (Wildman–Crippen LogP) is 5.23. The average Bonchev–Trinajstić information content (AvgIpc) is 2.76. The van der Waals surface area contributed by atoms with Gasteiger partial charge in [-0.15, -0.1) is 0 Å². The highest BCUT2D eigenvalue weighted by atomic mass is 79.9. The number of carbonyl (C=O) groups is 2. The molecule has 0 spiro atoms. The van der Waals surface area contributed by atoms with Crippen molar-refractivity contribution in [1.82, 2.24) is 5.32 Å². The van der Waals surface area contributed by atoms with Gasteiger partial charge in [-0.2, -0.15) is 0 Å². The third kappa shape index (κ3) is 6.13. The number of ether oxygens (including phenoxy) is 1. The first kappa shape index (κ1) is 22.5. The molecule has 8 heteroatoms. The fourth-order valence-electron chi connectivity index (χ4n) is 2.75. The van der Waals surface area contributed by atoms with Crippen molar-refractivity contribution in [2.24, 2.45) is 0 Å². The number of rotatable bonds is 6. The molecule has 0 bridgehead atoms. The maximum absolute atomic E-state index is 12.7. The van der Waals surface area contributed by atoms with E-state index in [0.717, 1.165) is 0 Å². The van der Waals surface area contributed by atoms with Crippen molar-refractivity contribution in [3.05, 3.63) is 88.4 Å². The van der Waals surface area contributed by atoms with Crippen molar-refractivity contribution >= 4 is 56.4 Å². The van der Waals surface area contributed by atoms with Crippen molar-refractivity contribution in [3.63, 3.8) is 0 Å². The zero-order valence-corrected chi connectivity index (χ0v) is 19.0. The molecule has 31 heavy (non-hydrogen) atoms. The summed E-state index contributed by atoms with van der Waals surface area (Å²) in [5.74, 6) is -0.0237. The summed E-state index contributed by atoms with van der Waals surface area (Å²) in [5, 5.41) is 8.47. The van der Waals surface area contributed by atoms with Crippen molar-refractivity contribution in [2.45, 2.75) is 6.92 Å². The molecule has 0 fully saturated rings. The topological polar surface area (TPSA) is 79.5 Å². The lowest BCUT2D eigenvalue weighted by Crippen LogP contribution is -2.34. The van der Waals surface area contributed by atoms with Gasteiger partial charge in [0.1, 0.15) is 5.75 Å². The molecule has 0 unspecified atom stereocenters. The summed E-state index contributed by atoms with van der Waals surface area (Å²) in [5.41, 5.74) is 1.97. The molecule has 0 aliphatic carbocycles. The summed E-state index contributed by atoms with van der Waals surface area (Å²) in [4.78, 5) is 25.2. The molecule has 0 aliphatic heterocycles. The molecule has 0 heterocycles. The van der Waals surface area contributed by atoms with E-state index in [2.05, 4.69) is 31.9 Å². The second kappa shape index (κ2) is 10.7. The van der Waals surface area contributed by atoms with Crippen LogP contribution in [0.2, 0.25) is 0 Å². The summed E-state index contributed by atoms with van der Waals surface area (Å²) < 4.78 is 6.13. The van der Waals surface area contributed by atoms with E-state index >= 15 is 0 Å². The van der Waals surface area contributed by atoms with E-state index in [-0.39, 0.29) is 16.9 Å². The summed E-state index contributed by atoms with van der Waals surface area (Å²) >= 11 is 8.67. The van der Waals surface area contributed by atoms with Gasteiger partial charge in [-0.3, -0.25) is 14.9 Å². The molecule has 3 rings (SSSR count). The number of thiocarbonyl (C=S) groups is 1. The number of carbonyl (C=O) groups excluding carboxylic acids is 2. The lowest BCUT2D eigenvalue weighted by Gasteiger charge is -2.14. The van der Waals surface area contributed by atoms with Crippen LogP contribution in [0.1, 0.15) is 27.6 Å². The third-order valence-corrected chi connectivity index (χ3v) is 5.00. The second-order valence-electron chi connectivity index (χ2n) is 6.35. The maximum atomic E-state index is 12.7. The smallest absolute Gasteiger partial charge is 0.257 e. The molecule has 0 saturated carbocycles. The minimum Gasteiger partial charge on any atom is -0.493 e. The lowest BCUT2D eigenvalue weighted by molar-refractivity contribution is 0.0976. The van der Waals surface area contributed by atoms with E-state index in [1.165, 1.54) is 0 Å². The molecule has 0 radical (unpaired) electrons. The van der Waals surface area contributed by atoms with Crippen LogP contribution in [0.5, 0.6) is 5.75 Å². The van der Waals surface area contributed by atoms with Gasteiger partial charge >= 0.3 is 0 Å². The number of nitrogens with one attached hydrogen (secondary N) is 3. The number of anilines is 2. The van der Waals surface area contributed by atoms with Crippen LogP contribution >= 0.6 is 28.1 Å². The SMILES string of the molecule is CCOc1ccc(C(=O)NC(=S)Nc2ccccc2C(=O)Nc2ccccc2)cc1Br. The van der Waals surface area contributed by atoms with E-state index in [1.807, 2.05) is 25.1 Å². The van der Waals surface area contributed by atoms with Crippen LogP contribution in [0.15, 0.2) is 77.3 Å². The molecule has 6 nitrogen and oxygen atoms in total. The molecule has 2 amide bonds. The van der Waals surface area contributed by atoms with Crippen LogP contribution in [0.4, 0.5) is 11.4 Å². The first-order valence-corrected chi connectivity index (χ1v) is 10.7. The molecule has 0 atom stereocenters. The van der Waals surface area contributed by atoms with Gasteiger partial charge in [-0.25, -0.2) is 0 Å². The minimum absolute atomic E-state index is 0.0787. The molecule has 0 aliphatic rings. The van der Waals surface area contributed by atoms with Gasteiger partial charge in [0, 0.05) is 11.3 Å². The Morgan fingerprint density at radius 3 is 2.35 bits per heavy atom. The molecule has 0 aromatic heterocycles. The zero-order chi connectivity index (χ0) is 22.2. The highest BCUT2D eigenvalue weighted by molar-refractivity contribution is 9.10. The van der Waals surface area contributed by atoms with Crippen LogP contribution in [0, 0.1) is 0 Å². The Bertz CT molecular complexity index is 1110. The molecule has 158 valence electrons. The number of hydrogen-bond donors (Lipinski definition) is 3.